The smallest absolute Gasteiger partial charge is 0.313 e. The van der Waals surface area contributed by atoms with Gasteiger partial charge in [-0.05, 0) is 60.6 Å². The van der Waals surface area contributed by atoms with Gasteiger partial charge in [0.1, 0.15) is 17.7 Å². The van der Waals surface area contributed by atoms with Crippen molar-refractivity contribution in [3.63, 3.8) is 0 Å². The zero-order valence-electron chi connectivity index (χ0n) is 30.9. The van der Waals surface area contributed by atoms with Crippen LogP contribution in [0, 0.1) is 17.8 Å². The van der Waals surface area contributed by atoms with E-state index in [0.29, 0.717) is 36.9 Å². The van der Waals surface area contributed by atoms with Crippen molar-refractivity contribution in [2.24, 2.45) is 17.8 Å². The quantitative estimate of drug-likeness (QED) is 0.140. The van der Waals surface area contributed by atoms with E-state index in [9.17, 15) is 19.5 Å². The van der Waals surface area contributed by atoms with Gasteiger partial charge in [0.05, 0.1) is 36.6 Å². The molecule has 280 valence electrons. The van der Waals surface area contributed by atoms with E-state index in [-0.39, 0.29) is 37.3 Å². The van der Waals surface area contributed by atoms with Crippen molar-refractivity contribution in [3.05, 3.63) is 104 Å². The number of benzene rings is 3. The molecular weight excluding hydrogens is 670 g/mol. The van der Waals surface area contributed by atoms with Gasteiger partial charge in [0.2, 0.25) is 11.8 Å². The molecule has 0 unspecified atom stereocenters. The maximum absolute atomic E-state index is 15.2. The van der Waals surface area contributed by atoms with Gasteiger partial charge in [-0.25, -0.2) is 0 Å². The number of aliphatic hydroxyl groups is 1. The van der Waals surface area contributed by atoms with Crippen molar-refractivity contribution in [2.45, 2.75) is 88.8 Å². The molecule has 53 heavy (non-hydrogen) atoms. The summed E-state index contributed by atoms with van der Waals surface area (Å²) < 4.78 is 13.0. The molecule has 0 radical (unpaired) electrons. The van der Waals surface area contributed by atoms with E-state index >= 15 is 4.79 Å². The van der Waals surface area contributed by atoms with Crippen LogP contribution in [0.25, 0.3) is 10.8 Å². The Morgan fingerprint density at radius 3 is 2.45 bits per heavy atom. The SMILES string of the molecule is C=CCCC(=O)N[C@H](C)[C@@H](OC(=O)[C@@H]1[C@@H]2CC[C@]3(O2)[C@H](C(=O)N(CC=C)c2ccc4ccccc4c2)N([C@@H](CO)[C@@H](C)CC)C(=O)[C@@H]13)c1ccccc1. The summed E-state index contributed by atoms with van der Waals surface area (Å²) in [6.07, 6.45) is 4.07. The average molecular weight is 722 g/mol. The number of carbonyl (C=O) groups is 4. The van der Waals surface area contributed by atoms with Gasteiger partial charge in [-0.15, -0.1) is 13.2 Å². The van der Waals surface area contributed by atoms with Crippen LogP contribution in [0.5, 0.6) is 0 Å². The minimum atomic E-state index is -1.31. The van der Waals surface area contributed by atoms with E-state index in [0.717, 1.165) is 10.8 Å². The second kappa shape index (κ2) is 16.1. The lowest BCUT2D eigenvalue weighted by Gasteiger charge is -2.41. The number of hydrogen-bond donors (Lipinski definition) is 2. The predicted octanol–water partition coefficient (Wildman–Crippen LogP) is 5.90. The number of carbonyl (C=O) groups excluding carboxylic acids is 4. The van der Waals surface area contributed by atoms with E-state index in [2.05, 4.69) is 18.5 Å². The summed E-state index contributed by atoms with van der Waals surface area (Å²) in [5.74, 6) is -3.72. The highest BCUT2D eigenvalue weighted by Crippen LogP contribution is 2.60. The van der Waals surface area contributed by atoms with Crippen LogP contribution in [0.3, 0.4) is 0 Å². The minimum Gasteiger partial charge on any atom is -0.455 e. The van der Waals surface area contributed by atoms with E-state index in [1.165, 1.54) is 4.90 Å². The molecule has 3 amide bonds. The lowest BCUT2D eigenvalue weighted by molar-refractivity contribution is -0.162. The van der Waals surface area contributed by atoms with Crippen LogP contribution in [0.15, 0.2) is 98.1 Å². The van der Waals surface area contributed by atoms with Crippen molar-refractivity contribution in [1.82, 2.24) is 10.2 Å². The molecule has 6 rings (SSSR count). The summed E-state index contributed by atoms with van der Waals surface area (Å²) in [5, 5.41) is 15.8. The van der Waals surface area contributed by atoms with Gasteiger partial charge < -0.3 is 29.7 Å². The van der Waals surface area contributed by atoms with Crippen molar-refractivity contribution < 1.29 is 33.8 Å². The topological polar surface area (TPSA) is 125 Å². The molecule has 3 aliphatic rings. The Bertz CT molecular complexity index is 1850. The van der Waals surface area contributed by atoms with Crippen molar-refractivity contribution in [2.75, 3.05) is 18.1 Å². The Hall–Kier alpha value is -4.80. The number of ether oxygens (including phenoxy) is 2. The molecule has 3 fully saturated rings. The molecule has 9 atom stereocenters. The summed E-state index contributed by atoms with van der Waals surface area (Å²) in [5.41, 5.74) is 0.0197. The normalized spacial score (nSPS) is 25.3. The van der Waals surface area contributed by atoms with Gasteiger partial charge in [-0.3, -0.25) is 19.2 Å². The predicted molar refractivity (Wildman–Crippen MR) is 204 cm³/mol. The summed E-state index contributed by atoms with van der Waals surface area (Å²) in [6, 6.07) is 20.5. The van der Waals surface area contributed by atoms with Crippen molar-refractivity contribution in [3.8, 4) is 0 Å². The summed E-state index contributed by atoms with van der Waals surface area (Å²) >= 11 is 0. The molecule has 10 nitrogen and oxygen atoms in total. The fourth-order valence-corrected chi connectivity index (χ4v) is 8.69. The molecule has 3 saturated heterocycles. The molecule has 2 bridgehead atoms. The third-order valence-electron chi connectivity index (χ3n) is 11.5. The number of anilines is 1. The number of hydrogen-bond acceptors (Lipinski definition) is 7. The monoisotopic (exact) mass is 721 g/mol. The Labute approximate surface area is 311 Å². The number of esters is 1. The molecule has 2 N–H and O–H groups in total. The second-order valence-corrected chi connectivity index (χ2v) is 14.7. The van der Waals surface area contributed by atoms with Gasteiger partial charge in [-0.1, -0.05) is 93.1 Å². The number of likely N-dealkylation sites (tertiary alicyclic amines) is 1. The third-order valence-corrected chi connectivity index (χ3v) is 11.5. The number of amides is 3. The lowest BCUT2D eigenvalue weighted by atomic mass is 9.70. The molecule has 3 aromatic rings. The van der Waals surface area contributed by atoms with Gasteiger partial charge in [0, 0.05) is 18.7 Å². The first-order valence-electron chi connectivity index (χ1n) is 18.8. The molecule has 0 aromatic heterocycles. The maximum atomic E-state index is 15.2. The molecule has 3 aliphatic heterocycles. The summed E-state index contributed by atoms with van der Waals surface area (Å²) in [6.45, 7) is 13.2. The number of fused-ring (bicyclic) bond motifs is 2. The molecule has 0 saturated carbocycles. The van der Waals surface area contributed by atoms with Crippen LogP contribution < -0.4 is 10.2 Å². The Morgan fingerprint density at radius 2 is 1.77 bits per heavy atom. The van der Waals surface area contributed by atoms with Crippen LogP contribution in [-0.2, 0) is 28.7 Å². The first kappa shape index (κ1) is 37.9. The maximum Gasteiger partial charge on any atom is 0.313 e. The van der Waals surface area contributed by atoms with Gasteiger partial charge >= 0.3 is 5.97 Å². The van der Waals surface area contributed by atoms with Gasteiger partial charge in [0.25, 0.3) is 5.91 Å². The number of allylic oxidation sites excluding steroid dienone is 1. The van der Waals surface area contributed by atoms with E-state index in [1.54, 1.807) is 24.0 Å². The Balaban J connectivity index is 1.37. The molecular formula is C43H51N3O7. The highest BCUT2D eigenvalue weighted by atomic mass is 16.6. The zero-order valence-corrected chi connectivity index (χ0v) is 30.9. The fourth-order valence-electron chi connectivity index (χ4n) is 8.69. The van der Waals surface area contributed by atoms with Crippen LogP contribution >= 0.6 is 0 Å². The van der Waals surface area contributed by atoms with Crippen LogP contribution in [0.4, 0.5) is 5.69 Å². The molecule has 3 heterocycles. The van der Waals surface area contributed by atoms with E-state index < -0.39 is 59.6 Å². The van der Waals surface area contributed by atoms with Crippen molar-refractivity contribution in [1.29, 1.82) is 0 Å². The average Bonchev–Trinajstić information content (AvgIpc) is 3.82. The molecule has 3 aromatic carbocycles. The van der Waals surface area contributed by atoms with E-state index in [4.69, 9.17) is 9.47 Å². The fraction of sp³-hybridized carbons (Fsp3) is 0.442. The highest BCUT2D eigenvalue weighted by Gasteiger charge is 2.76. The van der Waals surface area contributed by atoms with E-state index in [1.807, 2.05) is 86.6 Å². The van der Waals surface area contributed by atoms with Gasteiger partial charge in [-0.2, -0.15) is 0 Å². The highest BCUT2D eigenvalue weighted by molar-refractivity contribution is 6.05. The summed E-state index contributed by atoms with van der Waals surface area (Å²) in [4.78, 5) is 60.5. The largest absolute Gasteiger partial charge is 0.455 e. The number of nitrogens with zero attached hydrogens (tertiary/aromatic N) is 2. The van der Waals surface area contributed by atoms with Gasteiger partial charge in [0.15, 0.2) is 0 Å². The zero-order chi connectivity index (χ0) is 37.9. The minimum absolute atomic E-state index is 0.154. The standard InChI is InChI=1S/C43H51N3O7/c1-6-9-19-35(48)44-28(5)38(30-16-11-10-12-17-30)52-42(51)36-34-22-23-43(53-34)37(36)40(49)46(33(26-47)27(4)8-3)39(43)41(50)45(24-7-2)32-21-20-29-15-13-14-18-31(29)25-32/h6-7,10-18,20-21,25,27-28,33-34,36-39,47H,1-2,8-9,19,22-24,26H2,3-5H3,(H,44,48)/t27-,28+,33-,34-,36+,37+,38+,39-,43+/m0/s1. The Morgan fingerprint density at radius 1 is 1.06 bits per heavy atom. The number of aliphatic hydroxyl groups excluding tert-OH is 1. The first-order valence-corrected chi connectivity index (χ1v) is 18.8. The van der Waals surface area contributed by atoms with Crippen molar-refractivity contribution >= 4 is 40.2 Å². The number of rotatable bonds is 16. The summed E-state index contributed by atoms with van der Waals surface area (Å²) in [7, 11) is 0. The molecule has 0 aliphatic carbocycles. The van der Waals surface area contributed by atoms with Crippen LogP contribution in [0.2, 0.25) is 0 Å². The third kappa shape index (κ3) is 7.02. The lowest BCUT2D eigenvalue weighted by Crippen LogP contribution is -2.60. The van der Waals surface area contributed by atoms with Crippen LogP contribution in [-0.4, -0.2) is 76.7 Å². The number of nitrogens with one attached hydrogen (secondary N) is 1. The second-order valence-electron chi connectivity index (χ2n) is 14.7. The first-order chi connectivity index (χ1) is 25.6. The Kier molecular flexibility index (Phi) is 11.5. The van der Waals surface area contributed by atoms with Crippen LogP contribution in [0.1, 0.15) is 64.5 Å². The molecule has 1 spiro atoms. The molecule has 10 heteroatoms.